The van der Waals surface area contributed by atoms with Crippen LogP contribution in [0.2, 0.25) is 0 Å². The van der Waals surface area contributed by atoms with E-state index in [0.29, 0.717) is 6.42 Å². The van der Waals surface area contributed by atoms with E-state index in [4.69, 9.17) is 5.73 Å². The normalized spacial score (nSPS) is 16.4. The van der Waals surface area contributed by atoms with Crippen molar-refractivity contribution in [2.24, 2.45) is 5.73 Å². The van der Waals surface area contributed by atoms with Gasteiger partial charge in [0.05, 0.1) is 0 Å². The van der Waals surface area contributed by atoms with Crippen LogP contribution in [0.5, 0.6) is 11.5 Å². The number of phenols is 2. The third kappa shape index (κ3) is 1.95. The van der Waals surface area contributed by atoms with Crippen LogP contribution in [0.3, 0.4) is 0 Å². The molecule has 0 heterocycles. The molecule has 1 aliphatic carbocycles. The van der Waals surface area contributed by atoms with E-state index in [9.17, 15) is 10.2 Å². The van der Waals surface area contributed by atoms with Crippen LogP contribution in [0, 0.1) is 0 Å². The summed E-state index contributed by atoms with van der Waals surface area (Å²) >= 11 is 0. The minimum absolute atomic E-state index is 0. The van der Waals surface area contributed by atoms with Gasteiger partial charge in [0, 0.05) is 6.04 Å². The third-order valence-corrected chi connectivity index (χ3v) is 3.29. The highest BCUT2D eigenvalue weighted by atomic mass is 127. The molecule has 0 saturated carbocycles. The van der Waals surface area contributed by atoms with Crippen LogP contribution in [0.4, 0.5) is 0 Å². The number of rotatable bonds is 0. The van der Waals surface area contributed by atoms with Crippen LogP contribution in [-0.4, -0.2) is 10.2 Å². The molecular formula is C14H14INO2. The highest BCUT2D eigenvalue weighted by Crippen LogP contribution is 2.41. The van der Waals surface area contributed by atoms with Crippen LogP contribution in [0.1, 0.15) is 17.2 Å². The molecule has 2 aromatic carbocycles. The van der Waals surface area contributed by atoms with E-state index in [0.717, 1.165) is 22.3 Å². The molecule has 4 heteroatoms. The highest BCUT2D eigenvalue weighted by Gasteiger charge is 2.22. The predicted octanol–water partition coefficient (Wildman–Crippen LogP) is 2.94. The fourth-order valence-corrected chi connectivity index (χ4v) is 2.45. The van der Waals surface area contributed by atoms with Gasteiger partial charge in [0.15, 0.2) is 11.5 Å². The Labute approximate surface area is 122 Å². The topological polar surface area (TPSA) is 66.5 Å². The predicted molar refractivity (Wildman–Crippen MR) is 81.3 cm³/mol. The largest absolute Gasteiger partial charge is 0.504 e. The molecule has 0 bridgehead atoms. The number of phenolic OH excluding ortho intramolecular Hbond substituents is 2. The molecule has 0 amide bonds. The molecule has 0 saturated heterocycles. The standard InChI is InChI=1S/C14H13NO2.HI/c15-12-5-8-6-13(16)14(17)7-11(8)9-3-1-2-4-10(9)12;/h1-4,6-7,12,16-17H,5,15H2;1H. The number of benzene rings is 2. The first-order valence-electron chi connectivity index (χ1n) is 5.56. The second-order valence-corrected chi connectivity index (χ2v) is 4.40. The van der Waals surface area contributed by atoms with Crippen LogP contribution in [-0.2, 0) is 6.42 Å². The van der Waals surface area contributed by atoms with Gasteiger partial charge in [-0.05, 0) is 40.8 Å². The molecule has 0 radical (unpaired) electrons. The van der Waals surface area contributed by atoms with Crippen LogP contribution >= 0.6 is 24.0 Å². The van der Waals surface area contributed by atoms with Crippen molar-refractivity contribution in [3.63, 3.8) is 0 Å². The summed E-state index contributed by atoms with van der Waals surface area (Å²) in [6.45, 7) is 0. The zero-order valence-corrected chi connectivity index (χ0v) is 12.0. The monoisotopic (exact) mass is 355 g/mol. The van der Waals surface area contributed by atoms with Gasteiger partial charge in [0.2, 0.25) is 0 Å². The van der Waals surface area contributed by atoms with Gasteiger partial charge in [-0.2, -0.15) is 0 Å². The molecule has 0 aliphatic heterocycles. The molecule has 0 spiro atoms. The first-order valence-corrected chi connectivity index (χ1v) is 5.56. The lowest BCUT2D eigenvalue weighted by Gasteiger charge is -2.25. The maximum absolute atomic E-state index is 9.59. The Hall–Kier alpha value is -1.27. The summed E-state index contributed by atoms with van der Waals surface area (Å²) in [6.07, 6.45) is 0.681. The maximum atomic E-state index is 9.59. The first kappa shape index (κ1) is 13.2. The smallest absolute Gasteiger partial charge is 0.158 e. The average molecular weight is 355 g/mol. The molecule has 3 rings (SSSR count). The van der Waals surface area contributed by atoms with E-state index in [1.54, 1.807) is 12.1 Å². The number of aromatic hydroxyl groups is 2. The fourth-order valence-electron chi connectivity index (χ4n) is 2.45. The van der Waals surface area contributed by atoms with Crippen molar-refractivity contribution < 1.29 is 10.2 Å². The van der Waals surface area contributed by atoms with Gasteiger partial charge < -0.3 is 15.9 Å². The van der Waals surface area contributed by atoms with Gasteiger partial charge in [-0.1, -0.05) is 24.3 Å². The van der Waals surface area contributed by atoms with Crippen molar-refractivity contribution in [1.82, 2.24) is 0 Å². The number of hydrogen-bond acceptors (Lipinski definition) is 3. The SMILES string of the molecule is I.NC1Cc2cc(O)c(O)cc2-c2ccccc21. The summed E-state index contributed by atoms with van der Waals surface area (Å²) in [5.74, 6) is -0.177. The van der Waals surface area contributed by atoms with Crippen LogP contribution in [0.15, 0.2) is 36.4 Å². The minimum atomic E-state index is -0.0889. The summed E-state index contributed by atoms with van der Waals surface area (Å²) in [5.41, 5.74) is 10.2. The fraction of sp³-hybridized carbons (Fsp3) is 0.143. The zero-order chi connectivity index (χ0) is 12.0. The minimum Gasteiger partial charge on any atom is -0.504 e. The Morgan fingerprint density at radius 3 is 2.44 bits per heavy atom. The van der Waals surface area contributed by atoms with Crippen molar-refractivity contribution in [1.29, 1.82) is 0 Å². The Kier molecular flexibility index (Phi) is 3.49. The van der Waals surface area contributed by atoms with Crippen molar-refractivity contribution in [2.45, 2.75) is 12.5 Å². The molecular weight excluding hydrogens is 341 g/mol. The maximum Gasteiger partial charge on any atom is 0.158 e. The molecule has 4 N–H and O–H groups in total. The molecule has 0 fully saturated rings. The number of halogens is 1. The van der Waals surface area contributed by atoms with E-state index < -0.39 is 0 Å². The van der Waals surface area contributed by atoms with E-state index in [1.165, 1.54) is 0 Å². The molecule has 1 unspecified atom stereocenters. The Balaban J connectivity index is 0.00000120. The molecule has 3 nitrogen and oxygen atoms in total. The average Bonchev–Trinajstić information content (AvgIpc) is 2.32. The lowest BCUT2D eigenvalue weighted by molar-refractivity contribution is 0.403. The van der Waals surface area contributed by atoms with Gasteiger partial charge >= 0.3 is 0 Å². The van der Waals surface area contributed by atoms with E-state index in [2.05, 4.69) is 0 Å². The van der Waals surface area contributed by atoms with E-state index in [1.807, 2.05) is 24.3 Å². The van der Waals surface area contributed by atoms with Crippen LogP contribution in [0.25, 0.3) is 11.1 Å². The quantitative estimate of drug-likeness (QED) is 0.503. The van der Waals surface area contributed by atoms with Gasteiger partial charge in [0.25, 0.3) is 0 Å². The van der Waals surface area contributed by atoms with Crippen molar-refractivity contribution >= 4 is 24.0 Å². The summed E-state index contributed by atoms with van der Waals surface area (Å²) in [7, 11) is 0. The van der Waals surface area contributed by atoms with Crippen molar-refractivity contribution in [3.05, 3.63) is 47.5 Å². The Morgan fingerprint density at radius 2 is 1.67 bits per heavy atom. The van der Waals surface area contributed by atoms with E-state index in [-0.39, 0.29) is 41.5 Å². The Bertz CT molecular complexity index is 598. The summed E-state index contributed by atoms with van der Waals surface area (Å²) in [5, 5.41) is 19.1. The lowest BCUT2D eigenvalue weighted by atomic mass is 9.83. The second-order valence-electron chi connectivity index (χ2n) is 4.40. The summed E-state index contributed by atoms with van der Waals surface area (Å²) in [4.78, 5) is 0. The van der Waals surface area contributed by atoms with Gasteiger partial charge in [-0.25, -0.2) is 0 Å². The Morgan fingerprint density at radius 1 is 1.00 bits per heavy atom. The third-order valence-electron chi connectivity index (χ3n) is 3.29. The van der Waals surface area contributed by atoms with Crippen molar-refractivity contribution in [3.8, 4) is 22.6 Å². The van der Waals surface area contributed by atoms with E-state index >= 15 is 0 Å². The first-order chi connectivity index (χ1) is 8.16. The molecule has 2 aromatic rings. The molecule has 1 aliphatic rings. The molecule has 94 valence electrons. The van der Waals surface area contributed by atoms with Gasteiger partial charge in [-0.15, -0.1) is 24.0 Å². The van der Waals surface area contributed by atoms with Gasteiger partial charge in [-0.3, -0.25) is 0 Å². The lowest BCUT2D eigenvalue weighted by Crippen LogP contribution is -2.18. The number of fused-ring (bicyclic) bond motifs is 3. The van der Waals surface area contributed by atoms with Gasteiger partial charge in [0.1, 0.15) is 0 Å². The number of hydrogen-bond donors (Lipinski definition) is 3. The zero-order valence-electron chi connectivity index (χ0n) is 9.63. The van der Waals surface area contributed by atoms with Crippen molar-refractivity contribution in [2.75, 3.05) is 0 Å². The van der Waals surface area contributed by atoms with Crippen LogP contribution < -0.4 is 5.73 Å². The summed E-state index contributed by atoms with van der Waals surface area (Å²) < 4.78 is 0. The highest BCUT2D eigenvalue weighted by molar-refractivity contribution is 14.0. The molecule has 0 aromatic heterocycles. The second kappa shape index (κ2) is 4.78. The number of nitrogens with two attached hydrogens (primary N) is 1. The summed E-state index contributed by atoms with van der Waals surface area (Å²) in [6, 6.07) is 11.1. The molecule has 18 heavy (non-hydrogen) atoms. The molecule has 1 atom stereocenters.